The summed E-state index contributed by atoms with van der Waals surface area (Å²) in [5.41, 5.74) is 3.67. The van der Waals surface area contributed by atoms with Crippen LogP contribution in [0.2, 0.25) is 0 Å². The van der Waals surface area contributed by atoms with E-state index < -0.39 is 0 Å². The zero-order valence-corrected chi connectivity index (χ0v) is 16.9. The number of benzene rings is 3. The number of carbonyl (C=O) groups excluding carboxylic acids is 2. The van der Waals surface area contributed by atoms with E-state index in [0.29, 0.717) is 33.9 Å². The van der Waals surface area contributed by atoms with Gasteiger partial charge in [0.1, 0.15) is 0 Å². The fraction of sp³-hybridized carbons (Fsp3) is 0.167. The highest BCUT2D eigenvalue weighted by atomic mass is 16.5. The van der Waals surface area contributed by atoms with Crippen molar-refractivity contribution in [1.29, 1.82) is 0 Å². The van der Waals surface area contributed by atoms with Crippen LogP contribution in [0.25, 0.3) is 0 Å². The van der Waals surface area contributed by atoms with Gasteiger partial charge in [-0.1, -0.05) is 35.9 Å². The summed E-state index contributed by atoms with van der Waals surface area (Å²) in [7, 11) is 3.08. The van der Waals surface area contributed by atoms with E-state index in [-0.39, 0.29) is 11.7 Å². The third kappa shape index (κ3) is 4.29. The molecule has 3 aromatic rings. The lowest BCUT2D eigenvalue weighted by molar-refractivity contribution is 0.0996. The van der Waals surface area contributed by atoms with Gasteiger partial charge in [-0.05, 0) is 43.7 Å². The number of ketones is 1. The summed E-state index contributed by atoms with van der Waals surface area (Å²) in [6.45, 7) is 3.82. The first-order valence-corrected chi connectivity index (χ1v) is 9.19. The summed E-state index contributed by atoms with van der Waals surface area (Å²) in [6.07, 6.45) is 0. The number of hydrogen-bond donors (Lipinski definition) is 1. The van der Waals surface area contributed by atoms with Crippen LogP contribution in [-0.4, -0.2) is 25.9 Å². The molecule has 148 valence electrons. The molecule has 0 saturated heterocycles. The Balaban J connectivity index is 1.93. The molecule has 0 radical (unpaired) electrons. The van der Waals surface area contributed by atoms with E-state index in [1.807, 2.05) is 32.0 Å². The van der Waals surface area contributed by atoms with E-state index in [0.717, 1.165) is 11.1 Å². The molecule has 0 aliphatic carbocycles. The molecule has 0 aliphatic heterocycles. The first-order chi connectivity index (χ1) is 13.9. The Kier molecular flexibility index (Phi) is 5.98. The summed E-state index contributed by atoms with van der Waals surface area (Å²) < 4.78 is 10.5. The van der Waals surface area contributed by atoms with Crippen molar-refractivity contribution in [2.75, 3.05) is 19.5 Å². The molecular formula is C24H23NO4. The minimum absolute atomic E-state index is 0.177. The van der Waals surface area contributed by atoms with Crippen molar-refractivity contribution in [2.45, 2.75) is 13.8 Å². The second kappa shape index (κ2) is 8.61. The van der Waals surface area contributed by atoms with E-state index in [2.05, 4.69) is 5.32 Å². The lowest BCUT2D eigenvalue weighted by atomic mass is 9.94. The normalized spacial score (nSPS) is 10.3. The number of anilines is 1. The molecule has 0 fully saturated rings. The molecule has 1 amide bonds. The molecule has 0 bridgehead atoms. The van der Waals surface area contributed by atoms with E-state index in [9.17, 15) is 9.59 Å². The van der Waals surface area contributed by atoms with Crippen molar-refractivity contribution in [3.05, 3.63) is 88.5 Å². The molecule has 3 aromatic carbocycles. The van der Waals surface area contributed by atoms with Crippen molar-refractivity contribution in [2.24, 2.45) is 0 Å². The number of ether oxygens (including phenoxy) is 2. The van der Waals surface area contributed by atoms with Crippen molar-refractivity contribution < 1.29 is 19.1 Å². The Bertz CT molecular complexity index is 1070. The lowest BCUT2D eigenvalue weighted by Crippen LogP contribution is -2.17. The van der Waals surface area contributed by atoms with Crippen LogP contribution < -0.4 is 14.8 Å². The Hall–Kier alpha value is -3.60. The highest BCUT2D eigenvalue weighted by Gasteiger charge is 2.20. The smallest absolute Gasteiger partial charge is 0.256 e. The molecule has 3 rings (SSSR count). The zero-order chi connectivity index (χ0) is 21.0. The molecule has 1 N–H and O–H groups in total. The molecule has 0 spiro atoms. The predicted molar refractivity (Wildman–Crippen MR) is 113 cm³/mol. The summed E-state index contributed by atoms with van der Waals surface area (Å²) in [5, 5.41) is 2.83. The molecule has 0 saturated carbocycles. The topological polar surface area (TPSA) is 64.6 Å². The van der Waals surface area contributed by atoms with Gasteiger partial charge in [0.25, 0.3) is 5.91 Å². The average molecular weight is 389 g/mol. The van der Waals surface area contributed by atoms with Gasteiger partial charge in [-0.25, -0.2) is 0 Å². The van der Waals surface area contributed by atoms with Gasteiger partial charge >= 0.3 is 0 Å². The molecular weight excluding hydrogens is 366 g/mol. The second-order valence-electron chi connectivity index (χ2n) is 6.72. The maximum absolute atomic E-state index is 13.2. The maximum atomic E-state index is 13.2. The zero-order valence-electron chi connectivity index (χ0n) is 16.9. The molecule has 0 atom stereocenters. The van der Waals surface area contributed by atoms with Crippen molar-refractivity contribution in [3.63, 3.8) is 0 Å². The third-order valence-corrected chi connectivity index (χ3v) is 4.70. The van der Waals surface area contributed by atoms with Gasteiger partial charge in [-0.15, -0.1) is 0 Å². The Morgan fingerprint density at radius 3 is 2.14 bits per heavy atom. The van der Waals surface area contributed by atoms with Crippen molar-refractivity contribution in [3.8, 4) is 11.5 Å². The summed E-state index contributed by atoms with van der Waals surface area (Å²) >= 11 is 0. The monoisotopic (exact) mass is 389 g/mol. The molecule has 5 heteroatoms. The van der Waals surface area contributed by atoms with E-state index in [1.54, 1.807) is 49.6 Å². The lowest BCUT2D eigenvalue weighted by Gasteiger charge is -2.13. The van der Waals surface area contributed by atoms with Gasteiger partial charge in [0.2, 0.25) is 0 Å². The van der Waals surface area contributed by atoms with Gasteiger partial charge in [0.05, 0.1) is 19.8 Å². The number of aryl methyl sites for hydroxylation is 2. The largest absolute Gasteiger partial charge is 0.493 e. The van der Waals surface area contributed by atoms with Crippen LogP contribution in [0.15, 0.2) is 60.7 Å². The van der Waals surface area contributed by atoms with E-state index in [1.165, 1.54) is 7.11 Å². The van der Waals surface area contributed by atoms with E-state index >= 15 is 0 Å². The van der Waals surface area contributed by atoms with Crippen LogP contribution in [0.3, 0.4) is 0 Å². The van der Waals surface area contributed by atoms with Crippen LogP contribution in [0.1, 0.15) is 37.4 Å². The number of hydrogen-bond acceptors (Lipinski definition) is 4. The van der Waals surface area contributed by atoms with Gasteiger partial charge in [-0.3, -0.25) is 9.59 Å². The maximum Gasteiger partial charge on any atom is 0.256 e. The molecule has 0 heterocycles. The highest BCUT2D eigenvalue weighted by molar-refractivity contribution is 6.18. The Morgan fingerprint density at radius 2 is 1.45 bits per heavy atom. The van der Waals surface area contributed by atoms with Crippen molar-refractivity contribution >= 4 is 17.4 Å². The van der Waals surface area contributed by atoms with Crippen LogP contribution in [0.5, 0.6) is 11.5 Å². The molecule has 5 nitrogen and oxygen atoms in total. The molecule has 29 heavy (non-hydrogen) atoms. The van der Waals surface area contributed by atoms with Crippen LogP contribution >= 0.6 is 0 Å². The van der Waals surface area contributed by atoms with E-state index in [4.69, 9.17) is 9.47 Å². The number of rotatable bonds is 6. The summed E-state index contributed by atoms with van der Waals surface area (Å²) in [6, 6.07) is 17.6. The number of carbonyl (C=O) groups is 2. The molecule has 0 aliphatic rings. The average Bonchev–Trinajstić information content (AvgIpc) is 2.74. The standard InChI is InChI=1S/C24H23NO4/c1-15-9-10-16(2)20(13-15)23(26)18-7-5-6-8-19(18)24(27)25-17-11-12-21(28-3)22(14-17)29-4/h5-14H,1-4H3,(H,25,27). The summed E-state index contributed by atoms with van der Waals surface area (Å²) in [5.74, 6) is 0.525. The SMILES string of the molecule is COc1ccc(NC(=O)c2ccccc2C(=O)c2cc(C)ccc2C)cc1OC. The summed E-state index contributed by atoms with van der Waals surface area (Å²) in [4.78, 5) is 26.1. The first kappa shape index (κ1) is 20.1. The Morgan fingerprint density at radius 1 is 0.759 bits per heavy atom. The van der Waals surface area contributed by atoms with Crippen LogP contribution in [0, 0.1) is 13.8 Å². The van der Waals surface area contributed by atoms with Crippen LogP contribution in [-0.2, 0) is 0 Å². The Labute approximate surface area is 170 Å². The van der Waals surface area contributed by atoms with Crippen molar-refractivity contribution in [1.82, 2.24) is 0 Å². The quantitative estimate of drug-likeness (QED) is 0.615. The highest BCUT2D eigenvalue weighted by Crippen LogP contribution is 2.30. The fourth-order valence-corrected chi connectivity index (χ4v) is 3.12. The number of methoxy groups -OCH3 is 2. The second-order valence-corrected chi connectivity index (χ2v) is 6.72. The predicted octanol–water partition coefficient (Wildman–Crippen LogP) is 4.80. The number of nitrogens with one attached hydrogen (secondary N) is 1. The molecule has 0 aromatic heterocycles. The minimum atomic E-state index is -0.369. The van der Waals surface area contributed by atoms with Gasteiger partial charge in [-0.2, -0.15) is 0 Å². The minimum Gasteiger partial charge on any atom is -0.493 e. The van der Waals surface area contributed by atoms with Crippen LogP contribution in [0.4, 0.5) is 5.69 Å². The third-order valence-electron chi connectivity index (χ3n) is 4.70. The van der Waals surface area contributed by atoms with Gasteiger partial charge in [0, 0.05) is 22.9 Å². The van der Waals surface area contributed by atoms with Gasteiger partial charge < -0.3 is 14.8 Å². The molecule has 0 unspecified atom stereocenters. The number of amides is 1. The fourth-order valence-electron chi connectivity index (χ4n) is 3.12. The van der Waals surface area contributed by atoms with Gasteiger partial charge in [0.15, 0.2) is 17.3 Å². The first-order valence-electron chi connectivity index (χ1n) is 9.19.